The summed E-state index contributed by atoms with van der Waals surface area (Å²) in [6.45, 7) is 19.9. The molecule has 0 spiro atoms. The molecule has 1 heterocycles. The van der Waals surface area contributed by atoms with Crippen LogP contribution >= 0.6 is 0 Å². The van der Waals surface area contributed by atoms with Crippen molar-refractivity contribution in [2.75, 3.05) is 27.9 Å². The first-order chi connectivity index (χ1) is 34.4. The molecule has 0 aromatic heterocycles. The predicted octanol–water partition coefficient (Wildman–Crippen LogP) is 10.4. The van der Waals surface area contributed by atoms with E-state index in [0.29, 0.717) is 61.1 Å². The molecular weight excluding hydrogens is 929 g/mol. The lowest BCUT2D eigenvalue weighted by Gasteiger charge is -2.70. The number of fused-ring (bicyclic) bond motifs is 8. The topological polar surface area (TPSA) is 177 Å². The van der Waals surface area contributed by atoms with Crippen molar-refractivity contribution in [3.63, 3.8) is 0 Å². The number of nitrogens with zero attached hydrogens (tertiary/aromatic N) is 2. The van der Waals surface area contributed by atoms with Gasteiger partial charge in [-0.2, -0.15) is 0 Å². The summed E-state index contributed by atoms with van der Waals surface area (Å²) in [5, 5.41) is 16.3. The van der Waals surface area contributed by atoms with Crippen LogP contribution < -0.4 is 4.74 Å². The second-order valence-electron chi connectivity index (χ2n) is 25.4. The number of ether oxygens (including phenoxy) is 5. The molecule has 400 valence electrons. The number of hydrogen-bond acceptors (Lipinski definition) is 13. The normalized spacial score (nSPS) is 37.1. The van der Waals surface area contributed by atoms with E-state index in [4.69, 9.17) is 28.5 Å². The Morgan fingerprint density at radius 3 is 2.21 bits per heavy atom. The summed E-state index contributed by atoms with van der Waals surface area (Å²) in [4.78, 5) is 73.9. The number of carbonyl (C=O) groups excluding carboxylic acids is 5. The molecule has 8 aliphatic rings. The molecule has 1 aromatic rings. The van der Waals surface area contributed by atoms with Crippen molar-refractivity contribution >= 4 is 35.5 Å². The van der Waals surface area contributed by atoms with Gasteiger partial charge in [0.25, 0.3) is 0 Å². The first kappa shape index (κ1) is 53.0. The minimum Gasteiger partial charge on any atom is -0.504 e. The Kier molecular flexibility index (Phi) is 13.6. The highest BCUT2D eigenvalue weighted by atomic mass is 16.7. The van der Waals surface area contributed by atoms with Gasteiger partial charge in [-0.1, -0.05) is 71.3 Å². The van der Waals surface area contributed by atoms with Gasteiger partial charge in [0.05, 0.1) is 38.5 Å². The highest BCUT2D eigenvalue weighted by Gasteiger charge is 2.69. The number of phenols is 1. The predicted molar refractivity (Wildman–Crippen MR) is 273 cm³/mol. The van der Waals surface area contributed by atoms with E-state index in [1.807, 2.05) is 11.0 Å². The van der Waals surface area contributed by atoms with Crippen molar-refractivity contribution in [3.8, 4) is 11.5 Å². The quantitative estimate of drug-likeness (QED) is 0.0555. The third-order valence-electron chi connectivity index (χ3n) is 21.2. The summed E-state index contributed by atoms with van der Waals surface area (Å²) < 4.78 is 28.8. The minimum atomic E-state index is -1.05. The van der Waals surface area contributed by atoms with Crippen LogP contribution in [-0.4, -0.2) is 91.6 Å². The van der Waals surface area contributed by atoms with E-state index >= 15 is 0 Å². The molecule has 11 atom stereocenters. The highest BCUT2D eigenvalue weighted by molar-refractivity contribution is 5.91. The van der Waals surface area contributed by atoms with E-state index in [1.165, 1.54) is 33.6 Å². The van der Waals surface area contributed by atoms with Gasteiger partial charge < -0.3 is 38.5 Å². The average Bonchev–Trinajstić information content (AvgIpc) is 3.32. The van der Waals surface area contributed by atoms with Gasteiger partial charge in [0.15, 0.2) is 17.6 Å². The van der Waals surface area contributed by atoms with E-state index in [9.17, 15) is 29.1 Å². The first-order valence-corrected chi connectivity index (χ1v) is 27.3. The first-order valence-electron chi connectivity index (χ1n) is 27.3. The number of piperidine rings is 1. The number of hydrogen-bond donors (Lipinski definition) is 1. The molecule has 1 aliphatic heterocycles. The van der Waals surface area contributed by atoms with E-state index in [-0.39, 0.29) is 69.9 Å². The van der Waals surface area contributed by atoms with Gasteiger partial charge in [-0.3, -0.25) is 19.2 Å². The monoisotopic (exact) mass is 1010 g/mol. The molecule has 5 fully saturated rings. The zero-order valence-corrected chi connectivity index (χ0v) is 45.8. The minimum absolute atomic E-state index is 0.00599. The standard InChI is InChI=1S/C59H82N2O12/c1-34(62)71-41-33-59-29-30-61(39(48(59)51(69-11)50(41)72-35(2)63)31-36-17-19-40(68-10)49(66)47(36)59)45(64)15-13-14-16-46(65)73-60-44-22-23-55(7)42(54(44,5)6)21-24-57(9)43(55)20-18-37-38-32-53(3,4)25-27-58(38,52(67)70-12)28-26-56(37,57)8/h17-19,38-39,41-43,50,66H,13-16,20-33H2,1-12H3/b60-44+/t38-,39+,41?,42-,43+,50?,55-,56+,57+,58-,59+/m0/s1. The van der Waals surface area contributed by atoms with Crippen molar-refractivity contribution in [1.29, 1.82) is 0 Å². The number of phenolic OH excluding ortho intramolecular Hbond substituents is 1. The molecule has 2 bridgehead atoms. The lowest BCUT2D eigenvalue weighted by Crippen LogP contribution is -2.64. The number of methoxy groups -OCH3 is 3. The van der Waals surface area contributed by atoms with Gasteiger partial charge in [0, 0.05) is 61.6 Å². The summed E-state index contributed by atoms with van der Waals surface area (Å²) in [5.41, 5.74) is 3.34. The van der Waals surface area contributed by atoms with Crippen LogP contribution in [0.3, 0.4) is 0 Å². The smallest absolute Gasteiger partial charge is 0.335 e. The Labute approximate surface area is 432 Å². The van der Waals surface area contributed by atoms with Gasteiger partial charge in [-0.05, 0) is 141 Å². The maximum absolute atomic E-state index is 14.3. The molecule has 1 aromatic carbocycles. The van der Waals surface area contributed by atoms with Gasteiger partial charge in [-0.15, -0.1) is 0 Å². The van der Waals surface area contributed by atoms with E-state index in [0.717, 1.165) is 81.1 Å². The number of rotatable bonds is 11. The van der Waals surface area contributed by atoms with Crippen LogP contribution in [0.15, 0.2) is 40.3 Å². The average molecular weight is 1010 g/mol. The van der Waals surface area contributed by atoms with E-state index in [1.54, 1.807) is 13.2 Å². The van der Waals surface area contributed by atoms with Crippen LogP contribution in [0.1, 0.15) is 176 Å². The zero-order valence-electron chi connectivity index (χ0n) is 45.8. The fraction of sp³-hybridized carbons (Fsp3) is 0.729. The van der Waals surface area contributed by atoms with Gasteiger partial charge >= 0.3 is 23.9 Å². The van der Waals surface area contributed by atoms with Gasteiger partial charge in [0.2, 0.25) is 5.91 Å². The van der Waals surface area contributed by atoms with Crippen LogP contribution in [0.2, 0.25) is 0 Å². The Morgan fingerprint density at radius 1 is 0.808 bits per heavy atom. The van der Waals surface area contributed by atoms with Crippen molar-refractivity contribution in [2.24, 2.45) is 55.4 Å². The Morgan fingerprint density at radius 2 is 1.52 bits per heavy atom. The number of oxime groups is 1. The maximum atomic E-state index is 14.3. The molecule has 1 N–H and O–H groups in total. The summed E-state index contributed by atoms with van der Waals surface area (Å²) in [5.74, 6) is -0.0349. The number of allylic oxidation sites excluding steroid dienone is 2. The maximum Gasteiger partial charge on any atom is 0.335 e. The van der Waals surface area contributed by atoms with Crippen LogP contribution in [0.25, 0.3) is 0 Å². The van der Waals surface area contributed by atoms with Crippen molar-refractivity contribution in [1.82, 2.24) is 4.90 Å². The molecule has 9 rings (SSSR count). The summed E-state index contributed by atoms with van der Waals surface area (Å²) in [6, 6.07) is 3.12. The number of carbonyl (C=O) groups is 5. The number of esters is 3. The van der Waals surface area contributed by atoms with Crippen molar-refractivity contribution < 1.29 is 57.6 Å². The Bertz CT molecular complexity index is 2540. The molecule has 1 amide bonds. The second-order valence-corrected chi connectivity index (χ2v) is 25.4. The molecule has 1 saturated heterocycles. The number of unbranched alkanes of at least 4 members (excludes halogenated alkanes) is 1. The summed E-state index contributed by atoms with van der Waals surface area (Å²) >= 11 is 0. The lowest BCUT2D eigenvalue weighted by atomic mass is 9.33. The van der Waals surface area contributed by atoms with Crippen LogP contribution in [-0.2, 0) is 59.6 Å². The van der Waals surface area contributed by atoms with E-state index in [2.05, 4.69) is 59.7 Å². The van der Waals surface area contributed by atoms with Gasteiger partial charge in [0.1, 0.15) is 11.9 Å². The molecule has 14 heteroatoms. The van der Waals surface area contributed by atoms with Crippen molar-refractivity contribution in [2.45, 2.75) is 195 Å². The molecule has 14 nitrogen and oxygen atoms in total. The van der Waals surface area contributed by atoms with Crippen molar-refractivity contribution in [3.05, 3.63) is 46.2 Å². The fourth-order valence-corrected chi connectivity index (χ4v) is 17.5. The number of amides is 1. The molecule has 73 heavy (non-hydrogen) atoms. The molecular formula is C59H82N2O12. The van der Waals surface area contributed by atoms with Crippen LogP contribution in [0, 0.1) is 50.2 Å². The number of likely N-dealkylation sites (tertiary alicyclic amines) is 1. The molecule has 4 saturated carbocycles. The largest absolute Gasteiger partial charge is 0.504 e. The van der Waals surface area contributed by atoms with Gasteiger partial charge in [-0.25, -0.2) is 4.79 Å². The molecule has 7 aliphatic carbocycles. The Balaban J connectivity index is 0.861. The summed E-state index contributed by atoms with van der Waals surface area (Å²) in [7, 11) is 4.53. The van der Waals surface area contributed by atoms with Crippen LogP contribution in [0.5, 0.6) is 11.5 Å². The molecule has 2 unspecified atom stereocenters. The Hall–Kier alpha value is -4.88. The van der Waals surface area contributed by atoms with Crippen LogP contribution in [0.4, 0.5) is 0 Å². The SMILES string of the molecule is COC(=O)[C@]12CCC(C)(C)C[C@H]1C1=CC[C@@H]3[C@@]4(C)CC/C(=N\OC(=O)CCCCC(=O)N5CC[C@]67CC(OC(C)=O)C(OC(C)=O)C(OC)=C6[C@H]5Cc5ccc(OC)c(O)c57)C(C)(C)[C@@H]4CC[C@@]3(C)[C@]1(C)CC2. The highest BCUT2D eigenvalue weighted by Crippen LogP contribution is 2.76. The second kappa shape index (κ2) is 18.7. The summed E-state index contributed by atoms with van der Waals surface area (Å²) in [6.07, 6.45) is 12.5. The molecule has 0 radical (unpaired) electrons. The third kappa shape index (κ3) is 8.22. The number of aromatic hydroxyl groups is 1. The third-order valence-corrected chi connectivity index (χ3v) is 21.2. The van der Waals surface area contributed by atoms with E-state index < -0.39 is 47.0 Å². The zero-order chi connectivity index (χ0) is 52.8. The lowest BCUT2D eigenvalue weighted by molar-refractivity contribution is -0.181. The number of benzene rings is 1. The fourth-order valence-electron chi connectivity index (χ4n) is 17.5.